The van der Waals surface area contributed by atoms with Crippen LogP contribution in [-0.4, -0.2) is 49.3 Å². The molecule has 1 aliphatic heterocycles. The van der Waals surface area contributed by atoms with E-state index in [1.54, 1.807) is 7.11 Å². The summed E-state index contributed by atoms with van der Waals surface area (Å²) in [5, 5.41) is 3.80. The molecule has 1 saturated heterocycles. The second-order valence-electron chi connectivity index (χ2n) is 6.11. The number of hydrogen-bond acceptors (Lipinski definition) is 3. The van der Waals surface area contributed by atoms with E-state index in [1.807, 2.05) is 0 Å². The van der Waals surface area contributed by atoms with Gasteiger partial charge in [-0.05, 0) is 39.0 Å². The Morgan fingerprint density at radius 2 is 2.18 bits per heavy atom. The second kappa shape index (κ2) is 5.25. The van der Waals surface area contributed by atoms with Gasteiger partial charge in [0, 0.05) is 37.8 Å². The Balaban J connectivity index is 2.02. The molecule has 2 rings (SSSR count). The van der Waals surface area contributed by atoms with Gasteiger partial charge in [-0.25, -0.2) is 0 Å². The predicted molar refractivity (Wildman–Crippen MR) is 71.3 cm³/mol. The van der Waals surface area contributed by atoms with E-state index in [2.05, 4.69) is 31.0 Å². The Morgan fingerprint density at radius 1 is 1.47 bits per heavy atom. The standard InChI is InChI=1S/C14H28N2O/c1-5-13-8-15-14(3,12-6-7-12)10-16(13)11(2)9-17-4/h11-13,15H,5-10H2,1-4H3. The monoisotopic (exact) mass is 240 g/mol. The summed E-state index contributed by atoms with van der Waals surface area (Å²) in [4.78, 5) is 2.66. The molecule has 0 aromatic rings. The van der Waals surface area contributed by atoms with Gasteiger partial charge in [0.25, 0.3) is 0 Å². The van der Waals surface area contributed by atoms with Crippen molar-refractivity contribution in [2.45, 2.75) is 57.7 Å². The highest BCUT2D eigenvalue weighted by molar-refractivity contribution is 5.04. The lowest BCUT2D eigenvalue weighted by Crippen LogP contribution is -2.66. The zero-order valence-electron chi connectivity index (χ0n) is 11.8. The van der Waals surface area contributed by atoms with Crippen LogP contribution in [0.3, 0.4) is 0 Å². The molecule has 1 N–H and O–H groups in total. The highest BCUT2D eigenvalue weighted by Gasteiger charge is 2.46. The normalized spacial score (nSPS) is 37.1. The summed E-state index contributed by atoms with van der Waals surface area (Å²) in [5.74, 6) is 0.901. The molecule has 0 amide bonds. The first-order valence-corrected chi connectivity index (χ1v) is 7.10. The summed E-state index contributed by atoms with van der Waals surface area (Å²) in [7, 11) is 1.81. The first kappa shape index (κ1) is 13.3. The van der Waals surface area contributed by atoms with Crippen LogP contribution in [0.2, 0.25) is 0 Å². The highest BCUT2D eigenvalue weighted by Crippen LogP contribution is 2.41. The molecule has 3 unspecified atom stereocenters. The first-order chi connectivity index (χ1) is 8.10. The van der Waals surface area contributed by atoms with Crippen LogP contribution in [0, 0.1) is 5.92 Å². The smallest absolute Gasteiger partial charge is 0.0615 e. The van der Waals surface area contributed by atoms with Crippen molar-refractivity contribution in [1.29, 1.82) is 0 Å². The lowest BCUT2D eigenvalue weighted by molar-refractivity contribution is 0.0117. The third kappa shape index (κ3) is 2.83. The van der Waals surface area contributed by atoms with Gasteiger partial charge in [-0.2, -0.15) is 0 Å². The van der Waals surface area contributed by atoms with E-state index in [-0.39, 0.29) is 0 Å². The number of methoxy groups -OCH3 is 1. The number of rotatable bonds is 5. The quantitative estimate of drug-likeness (QED) is 0.794. The van der Waals surface area contributed by atoms with Crippen LogP contribution in [0.25, 0.3) is 0 Å². The summed E-state index contributed by atoms with van der Waals surface area (Å²) >= 11 is 0. The van der Waals surface area contributed by atoms with Gasteiger partial charge in [0.1, 0.15) is 0 Å². The fourth-order valence-corrected chi connectivity index (χ4v) is 3.26. The number of hydrogen-bond donors (Lipinski definition) is 1. The van der Waals surface area contributed by atoms with Gasteiger partial charge in [0.2, 0.25) is 0 Å². The van der Waals surface area contributed by atoms with Crippen molar-refractivity contribution in [3.8, 4) is 0 Å². The minimum atomic E-state index is 0.341. The van der Waals surface area contributed by atoms with Crippen molar-refractivity contribution < 1.29 is 4.74 Å². The van der Waals surface area contributed by atoms with Crippen molar-refractivity contribution in [3.05, 3.63) is 0 Å². The molecule has 3 nitrogen and oxygen atoms in total. The molecule has 2 aliphatic rings. The molecule has 17 heavy (non-hydrogen) atoms. The Hall–Kier alpha value is -0.120. The summed E-state index contributed by atoms with van der Waals surface area (Å²) in [6.07, 6.45) is 4.04. The fraction of sp³-hybridized carbons (Fsp3) is 1.00. The summed E-state index contributed by atoms with van der Waals surface area (Å²) in [6.45, 7) is 10.2. The van der Waals surface area contributed by atoms with Crippen LogP contribution in [0.1, 0.15) is 40.0 Å². The Kier molecular flexibility index (Phi) is 4.11. The zero-order valence-corrected chi connectivity index (χ0v) is 11.8. The molecule has 2 fully saturated rings. The maximum atomic E-state index is 5.33. The maximum Gasteiger partial charge on any atom is 0.0615 e. The van der Waals surface area contributed by atoms with Gasteiger partial charge >= 0.3 is 0 Å². The molecule has 0 radical (unpaired) electrons. The van der Waals surface area contributed by atoms with Gasteiger partial charge in [-0.15, -0.1) is 0 Å². The Bertz CT molecular complexity index is 255. The average molecular weight is 240 g/mol. The summed E-state index contributed by atoms with van der Waals surface area (Å²) < 4.78 is 5.33. The average Bonchev–Trinajstić information content (AvgIpc) is 3.13. The van der Waals surface area contributed by atoms with E-state index < -0.39 is 0 Å². The Morgan fingerprint density at radius 3 is 2.71 bits per heavy atom. The number of nitrogens with zero attached hydrogens (tertiary/aromatic N) is 1. The topological polar surface area (TPSA) is 24.5 Å². The molecular weight excluding hydrogens is 212 g/mol. The predicted octanol–water partition coefficient (Wildman–Crippen LogP) is 1.87. The molecule has 1 aliphatic carbocycles. The van der Waals surface area contributed by atoms with Crippen LogP contribution in [0.5, 0.6) is 0 Å². The van der Waals surface area contributed by atoms with E-state index in [9.17, 15) is 0 Å². The molecule has 100 valence electrons. The summed E-state index contributed by atoms with van der Waals surface area (Å²) in [5.41, 5.74) is 0.341. The number of piperazine rings is 1. The first-order valence-electron chi connectivity index (χ1n) is 7.10. The maximum absolute atomic E-state index is 5.33. The van der Waals surface area contributed by atoms with E-state index in [0.29, 0.717) is 17.6 Å². The largest absolute Gasteiger partial charge is 0.383 e. The van der Waals surface area contributed by atoms with Gasteiger partial charge in [-0.1, -0.05) is 6.92 Å². The molecule has 0 aromatic carbocycles. The molecule has 0 bridgehead atoms. The molecule has 1 saturated carbocycles. The van der Waals surface area contributed by atoms with Gasteiger partial charge in [0.05, 0.1) is 6.61 Å². The second-order valence-corrected chi connectivity index (χ2v) is 6.11. The number of nitrogens with one attached hydrogen (secondary N) is 1. The van der Waals surface area contributed by atoms with Gasteiger partial charge in [-0.3, -0.25) is 4.90 Å². The lowest BCUT2D eigenvalue weighted by atomic mass is 9.89. The highest BCUT2D eigenvalue weighted by atomic mass is 16.5. The van der Waals surface area contributed by atoms with E-state index in [4.69, 9.17) is 4.74 Å². The third-order valence-electron chi connectivity index (χ3n) is 4.65. The van der Waals surface area contributed by atoms with Crippen molar-refractivity contribution in [3.63, 3.8) is 0 Å². The van der Waals surface area contributed by atoms with E-state index in [1.165, 1.54) is 25.8 Å². The zero-order chi connectivity index (χ0) is 12.5. The fourth-order valence-electron chi connectivity index (χ4n) is 3.26. The van der Waals surface area contributed by atoms with Crippen LogP contribution >= 0.6 is 0 Å². The van der Waals surface area contributed by atoms with Crippen LogP contribution in [-0.2, 0) is 4.74 Å². The van der Waals surface area contributed by atoms with Crippen LogP contribution in [0.15, 0.2) is 0 Å². The van der Waals surface area contributed by atoms with E-state index in [0.717, 1.165) is 19.1 Å². The minimum Gasteiger partial charge on any atom is -0.383 e. The van der Waals surface area contributed by atoms with Crippen molar-refractivity contribution >= 4 is 0 Å². The van der Waals surface area contributed by atoms with E-state index >= 15 is 0 Å². The Labute approximate surface area is 106 Å². The van der Waals surface area contributed by atoms with Gasteiger partial charge in [0.15, 0.2) is 0 Å². The lowest BCUT2D eigenvalue weighted by Gasteiger charge is -2.49. The van der Waals surface area contributed by atoms with Crippen LogP contribution < -0.4 is 5.32 Å². The van der Waals surface area contributed by atoms with Crippen molar-refractivity contribution in [2.24, 2.45) is 5.92 Å². The van der Waals surface area contributed by atoms with Crippen molar-refractivity contribution in [1.82, 2.24) is 10.2 Å². The van der Waals surface area contributed by atoms with Gasteiger partial charge < -0.3 is 10.1 Å². The summed E-state index contributed by atoms with van der Waals surface area (Å²) in [6, 6.07) is 1.21. The SMILES string of the molecule is CCC1CNC(C)(C2CC2)CN1C(C)COC. The third-order valence-corrected chi connectivity index (χ3v) is 4.65. The molecular formula is C14H28N2O. The molecule has 0 spiro atoms. The minimum absolute atomic E-state index is 0.341. The molecule has 0 aromatic heterocycles. The van der Waals surface area contributed by atoms with Crippen LogP contribution in [0.4, 0.5) is 0 Å². The molecule has 3 heteroatoms. The molecule has 1 heterocycles. The van der Waals surface area contributed by atoms with Crippen molar-refractivity contribution in [2.75, 3.05) is 26.8 Å². The molecule has 3 atom stereocenters. The number of ether oxygens (including phenoxy) is 1.